The maximum Gasteiger partial charge on any atom is 0.332 e. The van der Waals surface area contributed by atoms with Crippen molar-refractivity contribution in [3.05, 3.63) is 51.2 Å². The van der Waals surface area contributed by atoms with Gasteiger partial charge in [-0.15, -0.1) is 0 Å². The molecule has 3 aromatic rings. The van der Waals surface area contributed by atoms with Crippen LogP contribution in [-0.2, 0) is 20.1 Å². The molecular formula is C20H25N5O2. The Morgan fingerprint density at radius 1 is 1.15 bits per heavy atom. The summed E-state index contributed by atoms with van der Waals surface area (Å²) in [6, 6.07) is 10.1. The van der Waals surface area contributed by atoms with Gasteiger partial charge in [-0.1, -0.05) is 38.5 Å². The summed E-state index contributed by atoms with van der Waals surface area (Å²) in [6.45, 7) is 6.20. The lowest BCUT2D eigenvalue weighted by Gasteiger charge is -2.32. The van der Waals surface area contributed by atoms with Crippen LogP contribution in [0.15, 0.2) is 39.9 Å². The van der Waals surface area contributed by atoms with Gasteiger partial charge in [0.05, 0.1) is 0 Å². The number of unbranched alkanes of at least 4 members (excludes halogenated alkanes) is 1. The molecular weight excluding hydrogens is 342 g/mol. The summed E-state index contributed by atoms with van der Waals surface area (Å²) < 4.78 is 4.85. The van der Waals surface area contributed by atoms with Crippen molar-refractivity contribution < 1.29 is 0 Å². The molecule has 0 spiro atoms. The summed E-state index contributed by atoms with van der Waals surface area (Å²) >= 11 is 0. The number of aromatic nitrogens is 4. The highest BCUT2D eigenvalue weighted by atomic mass is 16.2. The van der Waals surface area contributed by atoms with E-state index in [1.807, 2.05) is 41.8 Å². The normalized spacial score (nSPS) is 16.7. The van der Waals surface area contributed by atoms with Gasteiger partial charge in [-0.2, -0.15) is 4.98 Å². The molecule has 0 fully saturated rings. The van der Waals surface area contributed by atoms with E-state index in [4.69, 9.17) is 4.98 Å². The molecule has 1 aliphatic rings. The Morgan fingerprint density at radius 3 is 2.59 bits per heavy atom. The van der Waals surface area contributed by atoms with Crippen molar-refractivity contribution in [2.45, 2.75) is 39.8 Å². The monoisotopic (exact) mass is 367 g/mol. The lowest BCUT2D eigenvalue weighted by Crippen LogP contribution is -2.40. The molecule has 0 N–H and O–H groups in total. The zero-order chi connectivity index (χ0) is 19.1. The largest absolute Gasteiger partial charge is 0.332 e. The lowest BCUT2D eigenvalue weighted by molar-refractivity contribution is 0.457. The lowest BCUT2D eigenvalue weighted by atomic mass is 10.1. The summed E-state index contributed by atoms with van der Waals surface area (Å²) in [5.74, 6) is 1.09. The molecule has 142 valence electrons. The fraction of sp³-hybridized carbons (Fsp3) is 0.450. The second kappa shape index (κ2) is 6.72. The van der Waals surface area contributed by atoms with Gasteiger partial charge < -0.3 is 9.47 Å². The molecule has 0 amide bonds. The van der Waals surface area contributed by atoms with Crippen LogP contribution in [-0.4, -0.2) is 25.2 Å². The first-order chi connectivity index (χ1) is 13.0. The topological polar surface area (TPSA) is 65.1 Å². The van der Waals surface area contributed by atoms with Crippen molar-refractivity contribution in [1.29, 1.82) is 0 Å². The van der Waals surface area contributed by atoms with Crippen LogP contribution in [0.25, 0.3) is 11.2 Å². The maximum absolute atomic E-state index is 13.2. The number of nitrogens with zero attached hydrogens (tertiary/aromatic N) is 5. The number of rotatable bonds is 4. The van der Waals surface area contributed by atoms with Crippen LogP contribution in [0.3, 0.4) is 0 Å². The molecule has 0 saturated heterocycles. The van der Waals surface area contributed by atoms with Gasteiger partial charge in [-0.3, -0.25) is 13.9 Å². The van der Waals surface area contributed by atoms with Crippen LogP contribution in [0.1, 0.15) is 26.7 Å². The minimum atomic E-state index is -0.296. The Hall–Kier alpha value is -2.83. The Morgan fingerprint density at radius 2 is 1.89 bits per heavy atom. The van der Waals surface area contributed by atoms with E-state index in [-0.39, 0.29) is 11.2 Å². The molecule has 4 rings (SSSR count). The van der Waals surface area contributed by atoms with Crippen LogP contribution < -0.4 is 16.1 Å². The zero-order valence-corrected chi connectivity index (χ0v) is 16.1. The molecule has 27 heavy (non-hydrogen) atoms. The molecule has 0 bridgehead atoms. The SMILES string of the molecule is CCCCn1c(=O)c2c(nc3n2C[C@@H](C)CN3c2ccccc2)n(C)c1=O. The van der Waals surface area contributed by atoms with E-state index >= 15 is 0 Å². The van der Waals surface area contributed by atoms with E-state index in [1.54, 1.807) is 7.05 Å². The van der Waals surface area contributed by atoms with Gasteiger partial charge in [0.2, 0.25) is 5.95 Å². The van der Waals surface area contributed by atoms with Gasteiger partial charge in [0.15, 0.2) is 11.2 Å². The van der Waals surface area contributed by atoms with Gasteiger partial charge in [0.25, 0.3) is 5.56 Å². The minimum Gasteiger partial charge on any atom is -0.312 e. The Kier molecular flexibility index (Phi) is 4.37. The smallest absolute Gasteiger partial charge is 0.312 e. The molecule has 1 aromatic carbocycles. The standard InChI is InChI=1S/C20H25N5O2/c1-4-5-11-23-18(26)16-17(22(3)20(23)27)21-19-24(12-14(2)13-25(16)19)15-9-7-6-8-10-15/h6-10,14H,4-5,11-13H2,1-3H3/t14-/m0/s1. The molecule has 1 atom stereocenters. The highest BCUT2D eigenvalue weighted by molar-refractivity contribution is 5.77. The predicted molar refractivity (Wildman–Crippen MR) is 107 cm³/mol. The average molecular weight is 367 g/mol. The second-order valence-corrected chi connectivity index (χ2v) is 7.40. The third kappa shape index (κ3) is 2.78. The zero-order valence-electron chi connectivity index (χ0n) is 16.1. The first kappa shape index (κ1) is 17.6. The fourth-order valence-electron chi connectivity index (χ4n) is 3.84. The van der Waals surface area contributed by atoms with Crippen LogP contribution in [0.2, 0.25) is 0 Å². The number of imidazole rings is 1. The van der Waals surface area contributed by atoms with Gasteiger partial charge in [-0.25, -0.2) is 4.79 Å². The minimum absolute atomic E-state index is 0.234. The summed E-state index contributed by atoms with van der Waals surface area (Å²) in [5, 5.41) is 0. The summed E-state index contributed by atoms with van der Waals surface area (Å²) in [4.78, 5) is 32.7. The summed E-state index contributed by atoms with van der Waals surface area (Å²) in [6.07, 6.45) is 1.73. The van der Waals surface area contributed by atoms with E-state index in [1.165, 1.54) is 9.13 Å². The first-order valence-electron chi connectivity index (χ1n) is 9.55. The highest BCUT2D eigenvalue weighted by Gasteiger charge is 2.29. The Bertz CT molecular complexity index is 1090. The number of aryl methyl sites for hydroxylation is 1. The third-order valence-corrected chi connectivity index (χ3v) is 5.25. The van der Waals surface area contributed by atoms with E-state index in [9.17, 15) is 9.59 Å². The molecule has 0 aliphatic carbocycles. The highest BCUT2D eigenvalue weighted by Crippen LogP contribution is 2.32. The van der Waals surface area contributed by atoms with Crippen LogP contribution in [0.5, 0.6) is 0 Å². The van der Waals surface area contributed by atoms with E-state index in [2.05, 4.69) is 11.8 Å². The molecule has 0 unspecified atom stereocenters. The van der Waals surface area contributed by atoms with Crippen LogP contribution >= 0.6 is 0 Å². The van der Waals surface area contributed by atoms with Gasteiger partial charge >= 0.3 is 5.69 Å². The second-order valence-electron chi connectivity index (χ2n) is 7.40. The molecule has 3 heterocycles. The molecule has 0 radical (unpaired) electrons. The van der Waals surface area contributed by atoms with Crippen LogP contribution in [0.4, 0.5) is 11.6 Å². The number of para-hydroxylation sites is 1. The fourth-order valence-corrected chi connectivity index (χ4v) is 3.84. The number of benzene rings is 1. The quantitative estimate of drug-likeness (QED) is 0.711. The van der Waals surface area contributed by atoms with Crippen molar-refractivity contribution in [2.24, 2.45) is 13.0 Å². The van der Waals surface area contributed by atoms with Gasteiger partial charge in [0.1, 0.15) is 0 Å². The summed E-state index contributed by atoms with van der Waals surface area (Å²) in [7, 11) is 1.70. The van der Waals surface area contributed by atoms with Crippen molar-refractivity contribution in [3.63, 3.8) is 0 Å². The number of hydrogen-bond acceptors (Lipinski definition) is 4. The van der Waals surface area contributed by atoms with Gasteiger partial charge in [-0.05, 0) is 24.5 Å². The molecule has 0 saturated carbocycles. The van der Waals surface area contributed by atoms with Crippen molar-refractivity contribution in [2.75, 3.05) is 11.4 Å². The van der Waals surface area contributed by atoms with Crippen molar-refractivity contribution in [1.82, 2.24) is 18.7 Å². The predicted octanol–water partition coefficient (Wildman–Crippen LogP) is 2.48. The number of anilines is 2. The average Bonchev–Trinajstić information content (AvgIpc) is 3.06. The molecule has 2 aromatic heterocycles. The summed E-state index contributed by atoms with van der Waals surface area (Å²) in [5.41, 5.74) is 1.49. The van der Waals surface area contributed by atoms with Crippen molar-refractivity contribution >= 4 is 22.8 Å². The van der Waals surface area contributed by atoms with E-state index < -0.39 is 0 Å². The number of hydrogen-bond donors (Lipinski definition) is 0. The molecule has 7 heteroatoms. The van der Waals surface area contributed by atoms with Crippen molar-refractivity contribution in [3.8, 4) is 0 Å². The Balaban J connectivity index is 1.98. The van der Waals surface area contributed by atoms with E-state index in [0.29, 0.717) is 23.6 Å². The van der Waals surface area contributed by atoms with E-state index in [0.717, 1.165) is 37.6 Å². The Labute approximate surface area is 157 Å². The first-order valence-corrected chi connectivity index (χ1v) is 9.55. The maximum atomic E-state index is 13.2. The van der Waals surface area contributed by atoms with Gasteiger partial charge in [0, 0.05) is 32.4 Å². The molecule has 7 nitrogen and oxygen atoms in total. The molecule has 1 aliphatic heterocycles. The third-order valence-electron chi connectivity index (χ3n) is 5.25. The number of fused-ring (bicyclic) bond motifs is 3. The van der Waals surface area contributed by atoms with Crippen LogP contribution in [0, 0.1) is 5.92 Å².